The Labute approximate surface area is 99.0 Å². The van der Waals surface area contributed by atoms with Crippen molar-refractivity contribution in [2.45, 2.75) is 39.8 Å². The summed E-state index contributed by atoms with van der Waals surface area (Å²) in [6.45, 7) is 7.92. The number of nitrogens with one attached hydrogen (secondary N) is 1. The Bertz CT molecular complexity index is 261. The van der Waals surface area contributed by atoms with Crippen LogP contribution in [0.2, 0.25) is 0 Å². The fourth-order valence-electron chi connectivity index (χ4n) is 1.57. The number of benzene rings is 1. The Morgan fingerprint density at radius 1 is 1.12 bits per heavy atom. The highest BCUT2D eigenvalue weighted by Gasteiger charge is 1.96. The lowest BCUT2D eigenvalue weighted by Gasteiger charge is -2.07. The van der Waals surface area contributed by atoms with Gasteiger partial charge in [-0.2, -0.15) is 0 Å². The van der Waals surface area contributed by atoms with Gasteiger partial charge in [0.05, 0.1) is 6.61 Å². The van der Waals surface area contributed by atoms with E-state index < -0.39 is 0 Å². The van der Waals surface area contributed by atoms with E-state index >= 15 is 0 Å². The molecule has 2 nitrogen and oxygen atoms in total. The molecular formula is C14H23NO. The summed E-state index contributed by atoms with van der Waals surface area (Å²) in [5, 5.41) is 3.41. The normalized spacial score (nSPS) is 10.6. The molecule has 0 atom stereocenters. The SMILES string of the molecule is CCCNCc1cccc(COCCC)c1. The van der Waals surface area contributed by atoms with Crippen LogP contribution in [0.1, 0.15) is 37.8 Å². The maximum atomic E-state index is 5.53. The van der Waals surface area contributed by atoms with Gasteiger partial charge in [0, 0.05) is 13.2 Å². The molecular weight excluding hydrogens is 198 g/mol. The smallest absolute Gasteiger partial charge is 0.0716 e. The summed E-state index contributed by atoms with van der Waals surface area (Å²) in [7, 11) is 0. The molecule has 90 valence electrons. The van der Waals surface area contributed by atoms with Crippen LogP contribution in [0.25, 0.3) is 0 Å². The van der Waals surface area contributed by atoms with Gasteiger partial charge in [-0.3, -0.25) is 0 Å². The minimum absolute atomic E-state index is 0.732. The summed E-state index contributed by atoms with van der Waals surface area (Å²) in [4.78, 5) is 0. The molecule has 16 heavy (non-hydrogen) atoms. The molecule has 1 N–H and O–H groups in total. The summed E-state index contributed by atoms with van der Waals surface area (Å²) in [6.07, 6.45) is 2.26. The van der Waals surface area contributed by atoms with Crippen molar-refractivity contribution in [1.82, 2.24) is 5.32 Å². The first-order valence-electron chi connectivity index (χ1n) is 6.23. The molecule has 0 spiro atoms. The van der Waals surface area contributed by atoms with Crippen molar-refractivity contribution in [3.8, 4) is 0 Å². The highest BCUT2D eigenvalue weighted by Crippen LogP contribution is 2.06. The fraction of sp³-hybridized carbons (Fsp3) is 0.571. The van der Waals surface area contributed by atoms with Crippen LogP contribution in [-0.4, -0.2) is 13.2 Å². The van der Waals surface area contributed by atoms with Crippen LogP contribution in [0.5, 0.6) is 0 Å². The molecule has 0 fully saturated rings. The van der Waals surface area contributed by atoms with Crippen LogP contribution < -0.4 is 5.32 Å². The molecule has 0 unspecified atom stereocenters. The zero-order chi connectivity index (χ0) is 11.6. The minimum Gasteiger partial charge on any atom is -0.377 e. The van der Waals surface area contributed by atoms with Crippen LogP contribution in [0.4, 0.5) is 0 Å². The van der Waals surface area contributed by atoms with Crippen molar-refractivity contribution in [3.05, 3.63) is 35.4 Å². The van der Waals surface area contributed by atoms with E-state index in [-0.39, 0.29) is 0 Å². The summed E-state index contributed by atoms with van der Waals surface area (Å²) >= 11 is 0. The van der Waals surface area contributed by atoms with Gasteiger partial charge in [-0.05, 0) is 30.5 Å². The maximum absolute atomic E-state index is 5.53. The molecule has 1 rings (SSSR count). The fourth-order valence-corrected chi connectivity index (χ4v) is 1.57. The lowest BCUT2D eigenvalue weighted by Crippen LogP contribution is -2.13. The second-order valence-corrected chi connectivity index (χ2v) is 4.05. The van der Waals surface area contributed by atoms with Crippen LogP contribution in [0.15, 0.2) is 24.3 Å². The highest BCUT2D eigenvalue weighted by molar-refractivity contribution is 5.22. The van der Waals surface area contributed by atoms with Gasteiger partial charge in [-0.15, -0.1) is 0 Å². The van der Waals surface area contributed by atoms with E-state index in [2.05, 4.69) is 43.4 Å². The van der Waals surface area contributed by atoms with Crippen molar-refractivity contribution in [2.24, 2.45) is 0 Å². The van der Waals surface area contributed by atoms with Gasteiger partial charge in [-0.25, -0.2) is 0 Å². The van der Waals surface area contributed by atoms with Gasteiger partial charge < -0.3 is 10.1 Å². The zero-order valence-corrected chi connectivity index (χ0v) is 10.5. The molecule has 0 aliphatic carbocycles. The Balaban J connectivity index is 2.37. The van der Waals surface area contributed by atoms with Crippen LogP contribution in [0, 0.1) is 0 Å². The third-order valence-electron chi connectivity index (χ3n) is 2.36. The van der Waals surface area contributed by atoms with Crippen molar-refractivity contribution in [3.63, 3.8) is 0 Å². The largest absolute Gasteiger partial charge is 0.377 e. The molecule has 0 saturated heterocycles. The lowest BCUT2D eigenvalue weighted by molar-refractivity contribution is 0.121. The number of rotatable bonds is 8. The Kier molecular flexibility index (Phi) is 6.86. The molecule has 2 heteroatoms. The van der Waals surface area contributed by atoms with Gasteiger partial charge in [0.2, 0.25) is 0 Å². The molecule has 0 amide bonds. The van der Waals surface area contributed by atoms with Gasteiger partial charge in [-0.1, -0.05) is 38.1 Å². The lowest BCUT2D eigenvalue weighted by atomic mass is 10.1. The minimum atomic E-state index is 0.732. The predicted molar refractivity (Wildman–Crippen MR) is 68.4 cm³/mol. The molecule has 0 aromatic heterocycles. The number of hydrogen-bond acceptors (Lipinski definition) is 2. The van der Waals surface area contributed by atoms with Crippen LogP contribution >= 0.6 is 0 Å². The van der Waals surface area contributed by atoms with E-state index in [1.807, 2.05) is 0 Å². The Morgan fingerprint density at radius 3 is 2.69 bits per heavy atom. The van der Waals surface area contributed by atoms with Crippen LogP contribution in [0.3, 0.4) is 0 Å². The standard InChI is InChI=1S/C14H23NO/c1-3-8-15-11-13-6-5-7-14(10-13)12-16-9-4-2/h5-7,10,15H,3-4,8-9,11-12H2,1-2H3. The molecule has 0 saturated carbocycles. The van der Waals surface area contributed by atoms with Gasteiger partial charge in [0.25, 0.3) is 0 Å². The topological polar surface area (TPSA) is 21.3 Å². The average molecular weight is 221 g/mol. The predicted octanol–water partition coefficient (Wildman–Crippen LogP) is 3.11. The van der Waals surface area contributed by atoms with Gasteiger partial charge >= 0.3 is 0 Å². The first-order chi connectivity index (χ1) is 7.86. The summed E-state index contributed by atoms with van der Waals surface area (Å²) in [5.74, 6) is 0. The van der Waals surface area contributed by atoms with Crippen molar-refractivity contribution >= 4 is 0 Å². The monoisotopic (exact) mass is 221 g/mol. The average Bonchev–Trinajstić information content (AvgIpc) is 2.30. The summed E-state index contributed by atoms with van der Waals surface area (Å²) < 4.78 is 5.53. The van der Waals surface area contributed by atoms with Crippen molar-refractivity contribution in [2.75, 3.05) is 13.2 Å². The molecule has 0 heterocycles. The van der Waals surface area contributed by atoms with E-state index in [4.69, 9.17) is 4.74 Å². The highest BCUT2D eigenvalue weighted by atomic mass is 16.5. The van der Waals surface area contributed by atoms with Gasteiger partial charge in [0.15, 0.2) is 0 Å². The van der Waals surface area contributed by atoms with Gasteiger partial charge in [0.1, 0.15) is 0 Å². The third-order valence-corrected chi connectivity index (χ3v) is 2.36. The van der Waals surface area contributed by atoms with Crippen LogP contribution in [-0.2, 0) is 17.9 Å². The second kappa shape index (κ2) is 8.31. The van der Waals surface area contributed by atoms with E-state index in [1.54, 1.807) is 0 Å². The second-order valence-electron chi connectivity index (χ2n) is 4.05. The summed E-state index contributed by atoms with van der Waals surface area (Å²) in [6, 6.07) is 8.61. The van der Waals surface area contributed by atoms with E-state index in [0.717, 1.165) is 32.7 Å². The molecule has 0 radical (unpaired) electrons. The van der Waals surface area contributed by atoms with Crippen molar-refractivity contribution in [1.29, 1.82) is 0 Å². The third kappa shape index (κ3) is 5.29. The van der Waals surface area contributed by atoms with E-state index in [0.29, 0.717) is 0 Å². The zero-order valence-electron chi connectivity index (χ0n) is 10.5. The molecule has 1 aromatic carbocycles. The van der Waals surface area contributed by atoms with Crippen molar-refractivity contribution < 1.29 is 4.74 Å². The molecule has 0 bridgehead atoms. The molecule has 0 aliphatic heterocycles. The van der Waals surface area contributed by atoms with E-state index in [9.17, 15) is 0 Å². The van der Waals surface area contributed by atoms with E-state index in [1.165, 1.54) is 17.5 Å². The molecule has 1 aromatic rings. The first kappa shape index (κ1) is 13.2. The molecule has 0 aliphatic rings. The quantitative estimate of drug-likeness (QED) is 0.681. The first-order valence-corrected chi connectivity index (χ1v) is 6.23. The Hall–Kier alpha value is -0.860. The number of hydrogen-bond donors (Lipinski definition) is 1. The maximum Gasteiger partial charge on any atom is 0.0716 e. The Morgan fingerprint density at radius 2 is 1.94 bits per heavy atom. The number of ether oxygens (including phenoxy) is 1. The summed E-state index contributed by atoms with van der Waals surface area (Å²) in [5.41, 5.74) is 2.61.